The number of carboxylic acids is 1. The summed E-state index contributed by atoms with van der Waals surface area (Å²) >= 11 is 0. The second kappa shape index (κ2) is 8.23. The third kappa shape index (κ3) is 4.22. The predicted octanol–water partition coefficient (Wildman–Crippen LogP) is 3.73. The maximum atomic E-state index is 12.5. The summed E-state index contributed by atoms with van der Waals surface area (Å²) in [6.07, 6.45) is 4.92. The van der Waals surface area contributed by atoms with Gasteiger partial charge in [0.05, 0.1) is 5.56 Å². The molecule has 0 fully saturated rings. The number of aromatic carboxylic acids is 1. The minimum atomic E-state index is -1.10. The molecule has 3 aromatic rings. The lowest BCUT2D eigenvalue weighted by Crippen LogP contribution is -2.14. The Morgan fingerprint density at radius 1 is 1.17 bits per heavy atom. The number of nitrogens with one attached hydrogen (secondary N) is 1. The molecule has 0 radical (unpaired) electrons. The second-order valence-electron chi connectivity index (χ2n) is 6.38. The molecule has 0 aliphatic rings. The Bertz CT molecular complexity index is 1150. The zero-order valence-electron chi connectivity index (χ0n) is 15.9. The summed E-state index contributed by atoms with van der Waals surface area (Å²) in [5.74, 6) is -1.70. The highest BCUT2D eigenvalue weighted by Gasteiger charge is 2.14. The van der Waals surface area contributed by atoms with Crippen molar-refractivity contribution in [3.8, 4) is 11.8 Å². The first-order valence-corrected chi connectivity index (χ1v) is 8.76. The van der Waals surface area contributed by atoms with E-state index in [1.165, 1.54) is 24.3 Å². The maximum Gasteiger partial charge on any atom is 0.335 e. The molecule has 0 aliphatic carbocycles. The lowest BCUT2D eigenvalue weighted by atomic mass is 10.1. The van der Waals surface area contributed by atoms with Gasteiger partial charge in [0, 0.05) is 35.2 Å². The van der Waals surface area contributed by atoms with Gasteiger partial charge in [-0.3, -0.25) is 9.78 Å². The number of anilines is 1. The van der Waals surface area contributed by atoms with Gasteiger partial charge in [0.25, 0.3) is 5.91 Å². The fraction of sp³-hybridized carbons (Fsp3) is 0.0909. The highest BCUT2D eigenvalue weighted by Crippen LogP contribution is 2.23. The van der Waals surface area contributed by atoms with Crippen molar-refractivity contribution in [1.29, 1.82) is 5.26 Å². The van der Waals surface area contributed by atoms with E-state index in [9.17, 15) is 14.9 Å². The van der Waals surface area contributed by atoms with Crippen molar-refractivity contribution >= 4 is 23.6 Å². The van der Waals surface area contributed by atoms with E-state index in [1.54, 1.807) is 18.5 Å². The van der Waals surface area contributed by atoms with E-state index in [0.29, 0.717) is 5.69 Å². The van der Waals surface area contributed by atoms with Crippen molar-refractivity contribution in [1.82, 2.24) is 9.55 Å². The summed E-state index contributed by atoms with van der Waals surface area (Å²) in [7, 11) is 0. The number of carbonyl (C=O) groups excluding carboxylic acids is 1. The molecule has 0 aliphatic heterocycles. The molecular formula is C22H18N4O3. The number of aryl methyl sites for hydroxylation is 1. The third-order valence-electron chi connectivity index (χ3n) is 4.42. The van der Waals surface area contributed by atoms with Crippen LogP contribution >= 0.6 is 0 Å². The SMILES string of the molecule is Cc1cc(/C=C(/C#N)C(=O)Nc2cccc(C(=O)O)c2)c(C)n1-c1ccncc1. The van der Waals surface area contributed by atoms with E-state index < -0.39 is 11.9 Å². The van der Waals surface area contributed by atoms with Gasteiger partial charge in [0.1, 0.15) is 11.6 Å². The lowest BCUT2D eigenvalue weighted by Gasteiger charge is -2.09. The maximum absolute atomic E-state index is 12.5. The van der Waals surface area contributed by atoms with Crippen LogP contribution in [0.3, 0.4) is 0 Å². The van der Waals surface area contributed by atoms with E-state index in [2.05, 4.69) is 10.3 Å². The van der Waals surface area contributed by atoms with Crippen LogP contribution in [0.15, 0.2) is 60.4 Å². The number of nitriles is 1. The van der Waals surface area contributed by atoms with Crippen LogP contribution in [0.2, 0.25) is 0 Å². The average Bonchev–Trinajstić information content (AvgIpc) is 2.99. The number of carboxylic acid groups (broad SMARTS) is 1. The highest BCUT2D eigenvalue weighted by molar-refractivity contribution is 6.10. The Morgan fingerprint density at radius 3 is 2.55 bits per heavy atom. The van der Waals surface area contributed by atoms with Crippen LogP contribution in [0.4, 0.5) is 5.69 Å². The first kappa shape index (κ1) is 19.6. The van der Waals surface area contributed by atoms with Crippen LogP contribution in [0.25, 0.3) is 11.8 Å². The van der Waals surface area contributed by atoms with Crippen molar-refractivity contribution in [2.75, 3.05) is 5.32 Å². The molecule has 0 bridgehead atoms. The number of amides is 1. The third-order valence-corrected chi connectivity index (χ3v) is 4.42. The largest absolute Gasteiger partial charge is 0.478 e. The van der Waals surface area contributed by atoms with Gasteiger partial charge >= 0.3 is 5.97 Å². The number of hydrogen-bond donors (Lipinski definition) is 2. The van der Waals surface area contributed by atoms with Gasteiger partial charge in [-0.05, 0) is 61.9 Å². The molecule has 1 amide bonds. The number of rotatable bonds is 5. The quantitative estimate of drug-likeness (QED) is 0.513. The van der Waals surface area contributed by atoms with Crippen LogP contribution in [-0.4, -0.2) is 26.5 Å². The van der Waals surface area contributed by atoms with Crippen LogP contribution in [0.1, 0.15) is 27.3 Å². The molecule has 7 nitrogen and oxygen atoms in total. The number of benzene rings is 1. The van der Waals surface area contributed by atoms with Gasteiger partial charge in [-0.2, -0.15) is 5.26 Å². The molecule has 2 heterocycles. The van der Waals surface area contributed by atoms with E-state index in [1.807, 2.05) is 42.7 Å². The average molecular weight is 386 g/mol. The van der Waals surface area contributed by atoms with E-state index in [-0.39, 0.29) is 11.1 Å². The zero-order chi connectivity index (χ0) is 21.0. The van der Waals surface area contributed by atoms with Gasteiger partial charge in [-0.1, -0.05) is 6.07 Å². The summed E-state index contributed by atoms with van der Waals surface area (Å²) in [5.41, 5.74) is 3.77. The topological polar surface area (TPSA) is 108 Å². The molecule has 3 rings (SSSR count). The summed E-state index contributed by atoms with van der Waals surface area (Å²) in [6.45, 7) is 3.84. The Hall–Kier alpha value is -4.18. The number of aromatic nitrogens is 2. The molecule has 7 heteroatoms. The standard InChI is InChI=1S/C22H18N4O3/c1-14-10-17(15(2)26(14)20-6-8-24-9-7-20)11-18(13-23)21(27)25-19-5-3-4-16(12-19)22(28)29/h3-12H,1-2H3,(H,25,27)(H,28,29)/b18-11-. The fourth-order valence-corrected chi connectivity index (χ4v) is 3.06. The van der Waals surface area contributed by atoms with Crippen molar-refractivity contribution in [3.63, 3.8) is 0 Å². The van der Waals surface area contributed by atoms with E-state index in [0.717, 1.165) is 22.6 Å². The predicted molar refractivity (Wildman–Crippen MR) is 109 cm³/mol. The van der Waals surface area contributed by atoms with E-state index in [4.69, 9.17) is 5.11 Å². The van der Waals surface area contributed by atoms with Gasteiger partial charge in [-0.15, -0.1) is 0 Å². The molecule has 0 saturated carbocycles. The van der Waals surface area contributed by atoms with Crippen molar-refractivity contribution in [3.05, 3.63) is 82.9 Å². The molecule has 144 valence electrons. The van der Waals surface area contributed by atoms with Crippen molar-refractivity contribution in [2.24, 2.45) is 0 Å². The number of hydrogen-bond acceptors (Lipinski definition) is 4. The van der Waals surface area contributed by atoms with Gasteiger partial charge in [0.15, 0.2) is 0 Å². The molecule has 2 aromatic heterocycles. The number of carbonyl (C=O) groups is 2. The molecular weight excluding hydrogens is 368 g/mol. The Labute approximate surface area is 167 Å². The highest BCUT2D eigenvalue weighted by atomic mass is 16.4. The fourth-order valence-electron chi connectivity index (χ4n) is 3.06. The smallest absolute Gasteiger partial charge is 0.335 e. The van der Waals surface area contributed by atoms with Crippen LogP contribution < -0.4 is 5.32 Å². The number of pyridine rings is 1. The summed E-state index contributed by atoms with van der Waals surface area (Å²) < 4.78 is 2.01. The Kier molecular flexibility index (Phi) is 5.56. The molecule has 0 atom stereocenters. The molecule has 0 unspecified atom stereocenters. The molecule has 0 spiro atoms. The summed E-state index contributed by atoms with van der Waals surface area (Å²) in [4.78, 5) is 27.6. The summed E-state index contributed by atoms with van der Waals surface area (Å²) in [6, 6.07) is 13.4. The lowest BCUT2D eigenvalue weighted by molar-refractivity contribution is -0.112. The number of nitrogens with zero attached hydrogens (tertiary/aromatic N) is 3. The first-order valence-electron chi connectivity index (χ1n) is 8.76. The summed E-state index contributed by atoms with van der Waals surface area (Å²) in [5, 5.41) is 21.1. The van der Waals surface area contributed by atoms with Crippen molar-refractivity contribution < 1.29 is 14.7 Å². The van der Waals surface area contributed by atoms with Crippen molar-refractivity contribution in [2.45, 2.75) is 13.8 Å². The molecule has 1 aromatic carbocycles. The van der Waals surface area contributed by atoms with E-state index >= 15 is 0 Å². The van der Waals surface area contributed by atoms with Crippen LogP contribution in [0, 0.1) is 25.2 Å². The Balaban J connectivity index is 1.91. The second-order valence-corrected chi connectivity index (χ2v) is 6.38. The Morgan fingerprint density at radius 2 is 1.90 bits per heavy atom. The van der Waals surface area contributed by atoms with Crippen LogP contribution in [0.5, 0.6) is 0 Å². The molecule has 29 heavy (non-hydrogen) atoms. The van der Waals surface area contributed by atoms with Crippen LogP contribution in [-0.2, 0) is 4.79 Å². The normalized spacial score (nSPS) is 11.0. The minimum absolute atomic E-state index is 0.0474. The molecule has 2 N–H and O–H groups in total. The first-order chi connectivity index (χ1) is 13.9. The van der Waals surface area contributed by atoms with Gasteiger partial charge in [0.2, 0.25) is 0 Å². The molecule has 0 saturated heterocycles. The van der Waals surface area contributed by atoms with Gasteiger partial charge < -0.3 is 15.0 Å². The van der Waals surface area contributed by atoms with Gasteiger partial charge in [-0.25, -0.2) is 4.79 Å². The zero-order valence-corrected chi connectivity index (χ0v) is 15.9. The minimum Gasteiger partial charge on any atom is -0.478 e. The monoisotopic (exact) mass is 386 g/mol.